The summed E-state index contributed by atoms with van der Waals surface area (Å²) in [7, 11) is 1.40. The van der Waals surface area contributed by atoms with Crippen molar-refractivity contribution in [1.29, 1.82) is 0 Å². The van der Waals surface area contributed by atoms with Gasteiger partial charge in [0.1, 0.15) is 0 Å². The van der Waals surface area contributed by atoms with Gasteiger partial charge in [-0.25, -0.2) is 4.79 Å². The molecule has 0 aromatic heterocycles. The van der Waals surface area contributed by atoms with Crippen LogP contribution in [0.3, 0.4) is 0 Å². The van der Waals surface area contributed by atoms with Gasteiger partial charge in [-0.05, 0) is 37.0 Å². The molecule has 0 spiro atoms. The fraction of sp³-hybridized carbons (Fsp3) is 0.462. The summed E-state index contributed by atoms with van der Waals surface area (Å²) in [6.45, 7) is 2.62. The summed E-state index contributed by atoms with van der Waals surface area (Å²) in [6.07, 6.45) is 2.31. The monoisotopic (exact) mass is 219 g/mol. The first-order chi connectivity index (χ1) is 7.63. The van der Waals surface area contributed by atoms with Crippen molar-refractivity contribution in [2.45, 2.75) is 25.2 Å². The van der Waals surface area contributed by atoms with Gasteiger partial charge in [-0.1, -0.05) is 12.1 Å². The first-order valence-corrected chi connectivity index (χ1v) is 5.52. The Balaban J connectivity index is 2.33. The Morgan fingerprint density at radius 3 is 2.62 bits per heavy atom. The highest BCUT2D eigenvalue weighted by Crippen LogP contribution is 2.47. The number of carbonyl (C=O) groups excluding carboxylic acids is 1. The molecule has 1 aromatic carbocycles. The maximum absolute atomic E-state index is 11.4. The average Bonchev–Trinajstić information content (AvgIpc) is 3.09. The Labute approximate surface area is 95.6 Å². The molecule has 1 saturated carbocycles. The van der Waals surface area contributed by atoms with Crippen molar-refractivity contribution in [2.24, 2.45) is 5.73 Å². The van der Waals surface area contributed by atoms with Crippen LogP contribution >= 0.6 is 0 Å². The molecule has 3 heteroatoms. The molecular weight excluding hydrogens is 202 g/mol. The van der Waals surface area contributed by atoms with Gasteiger partial charge in [0.25, 0.3) is 0 Å². The standard InChI is InChI=1S/C13H17NO2/c1-9-7-10(13(8-14)5-6-13)3-4-11(9)12(15)16-2/h3-4,7H,5-6,8,14H2,1-2H3. The fourth-order valence-electron chi connectivity index (χ4n) is 2.09. The van der Waals surface area contributed by atoms with Gasteiger partial charge in [-0.2, -0.15) is 0 Å². The van der Waals surface area contributed by atoms with E-state index in [1.165, 1.54) is 12.7 Å². The molecule has 2 rings (SSSR count). The van der Waals surface area contributed by atoms with E-state index in [4.69, 9.17) is 10.5 Å². The molecule has 0 heterocycles. The Morgan fingerprint density at radius 2 is 2.19 bits per heavy atom. The number of aryl methyl sites for hydroxylation is 1. The lowest BCUT2D eigenvalue weighted by Gasteiger charge is -2.14. The second-order valence-electron chi connectivity index (χ2n) is 4.51. The lowest BCUT2D eigenvalue weighted by Crippen LogP contribution is -2.20. The van der Waals surface area contributed by atoms with Gasteiger partial charge >= 0.3 is 5.97 Å². The average molecular weight is 219 g/mol. The highest BCUT2D eigenvalue weighted by Gasteiger charge is 2.42. The predicted octanol–water partition coefficient (Wildman–Crippen LogP) is 1.77. The van der Waals surface area contributed by atoms with Gasteiger partial charge in [-0.3, -0.25) is 0 Å². The summed E-state index contributed by atoms with van der Waals surface area (Å²) in [5.41, 5.74) is 8.81. The summed E-state index contributed by atoms with van der Waals surface area (Å²) in [5, 5.41) is 0. The molecule has 1 fully saturated rings. The molecule has 1 aliphatic rings. The number of hydrogen-bond acceptors (Lipinski definition) is 3. The van der Waals surface area contributed by atoms with Crippen molar-refractivity contribution in [1.82, 2.24) is 0 Å². The molecule has 0 amide bonds. The molecule has 0 unspecified atom stereocenters. The highest BCUT2D eigenvalue weighted by molar-refractivity contribution is 5.91. The summed E-state index contributed by atoms with van der Waals surface area (Å²) < 4.78 is 4.72. The minimum Gasteiger partial charge on any atom is -0.465 e. The number of esters is 1. The van der Waals surface area contributed by atoms with Gasteiger partial charge in [0.15, 0.2) is 0 Å². The van der Waals surface area contributed by atoms with Gasteiger partial charge in [0, 0.05) is 12.0 Å². The molecule has 0 saturated heterocycles. The number of rotatable bonds is 3. The zero-order chi connectivity index (χ0) is 11.8. The minimum absolute atomic E-state index is 0.180. The second-order valence-corrected chi connectivity index (χ2v) is 4.51. The summed E-state index contributed by atoms with van der Waals surface area (Å²) >= 11 is 0. The van der Waals surface area contributed by atoms with E-state index in [-0.39, 0.29) is 11.4 Å². The fourth-order valence-corrected chi connectivity index (χ4v) is 2.09. The molecule has 0 atom stereocenters. The van der Waals surface area contributed by atoms with Crippen molar-refractivity contribution >= 4 is 5.97 Å². The van der Waals surface area contributed by atoms with Gasteiger partial charge < -0.3 is 10.5 Å². The largest absolute Gasteiger partial charge is 0.465 e. The predicted molar refractivity (Wildman–Crippen MR) is 62.5 cm³/mol. The van der Waals surface area contributed by atoms with Crippen LogP contribution in [-0.4, -0.2) is 19.6 Å². The maximum atomic E-state index is 11.4. The van der Waals surface area contributed by atoms with Crippen LogP contribution in [0.2, 0.25) is 0 Å². The van der Waals surface area contributed by atoms with Crippen LogP contribution < -0.4 is 5.73 Å². The normalized spacial score (nSPS) is 16.9. The van der Waals surface area contributed by atoms with E-state index in [0.29, 0.717) is 12.1 Å². The lowest BCUT2D eigenvalue weighted by atomic mass is 9.93. The smallest absolute Gasteiger partial charge is 0.338 e. The van der Waals surface area contributed by atoms with Crippen LogP contribution in [0.4, 0.5) is 0 Å². The van der Waals surface area contributed by atoms with Crippen molar-refractivity contribution in [3.8, 4) is 0 Å². The first kappa shape index (κ1) is 11.1. The molecule has 16 heavy (non-hydrogen) atoms. The SMILES string of the molecule is COC(=O)c1ccc(C2(CN)CC2)cc1C. The van der Waals surface area contributed by atoms with E-state index < -0.39 is 0 Å². The molecule has 1 aromatic rings. The summed E-state index contributed by atoms with van der Waals surface area (Å²) in [4.78, 5) is 11.4. The zero-order valence-electron chi connectivity index (χ0n) is 9.75. The van der Waals surface area contributed by atoms with Crippen molar-refractivity contribution in [3.63, 3.8) is 0 Å². The van der Waals surface area contributed by atoms with E-state index in [9.17, 15) is 4.79 Å². The van der Waals surface area contributed by atoms with Crippen LogP contribution in [0.1, 0.15) is 34.3 Å². The quantitative estimate of drug-likeness (QED) is 0.788. The molecule has 0 radical (unpaired) electrons. The summed E-state index contributed by atoms with van der Waals surface area (Å²) in [6, 6.07) is 5.90. The molecule has 1 aliphatic carbocycles. The van der Waals surface area contributed by atoms with Gasteiger partial charge in [0.05, 0.1) is 12.7 Å². The van der Waals surface area contributed by atoms with Crippen LogP contribution in [-0.2, 0) is 10.2 Å². The Kier molecular flexibility index (Phi) is 2.72. The topological polar surface area (TPSA) is 52.3 Å². The molecule has 2 N–H and O–H groups in total. The zero-order valence-corrected chi connectivity index (χ0v) is 9.75. The van der Waals surface area contributed by atoms with E-state index in [1.54, 1.807) is 0 Å². The van der Waals surface area contributed by atoms with Crippen molar-refractivity contribution in [3.05, 3.63) is 34.9 Å². The number of nitrogens with two attached hydrogens (primary N) is 1. The van der Waals surface area contributed by atoms with E-state index in [1.807, 2.05) is 19.1 Å². The molecule has 3 nitrogen and oxygen atoms in total. The van der Waals surface area contributed by atoms with E-state index >= 15 is 0 Å². The molecular formula is C13H17NO2. The van der Waals surface area contributed by atoms with Crippen LogP contribution in [0.5, 0.6) is 0 Å². The third kappa shape index (κ3) is 1.71. The number of methoxy groups -OCH3 is 1. The van der Waals surface area contributed by atoms with E-state index in [0.717, 1.165) is 18.4 Å². The van der Waals surface area contributed by atoms with Gasteiger partial charge in [0.2, 0.25) is 0 Å². The highest BCUT2D eigenvalue weighted by atomic mass is 16.5. The third-order valence-electron chi connectivity index (χ3n) is 3.49. The number of hydrogen-bond donors (Lipinski definition) is 1. The van der Waals surface area contributed by atoms with E-state index in [2.05, 4.69) is 6.07 Å². The molecule has 0 bridgehead atoms. The van der Waals surface area contributed by atoms with Crippen LogP contribution in [0.15, 0.2) is 18.2 Å². The number of carbonyl (C=O) groups is 1. The maximum Gasteiger partial charge on any atom is 0.338 e. The van der Waals surface area contributed by atoms with Crippen LogP contribution in [0.25, 0.3) is 0 Å². The Bertz CT molecular complexity index is 422. The van der Waals surface area contributed by atoms with Crippen molar-refractivity contribution in [2.75, 3.05) is 13.7 Å². The van der Waals surface area contributed by atoms with Crippen LogP contribution in [0, 0.1) is 6.92 Å². The van der Waals surface area contributed by atoms with Crippen molar-refractivity contribution < 1.29 is 9.53 Å². The second kappa shape index (κ2) is 3.91. The minimum atomic E-state index is -0.276. The number of benzene rings is 1. The molecule has 86 valence electrons. The summed E-state index contributed by atoms with van der Waals surface area (Å²) in [5.74, 6) is -0.276. The Morgan fingerprint density at radius 1 is 1.50 bits per heavy atom. The first-order valence-electron chi connectivity index (χ1n) is 5.52. The van der Waals surface area contributed by atoms with Gasteiger partial charge in [-0.15, -0.1) is 0 Å². The molecule has 0 aliphatic heterocycles. The lowest BCUT2D eigenvalue weighted by molar-refractivity contribution is 0.0600. The third-order valence-corrected chi connectivity index (χ3v) is 3.49. The Hall–Kier alpha value is -1.35. The number of ether oxygens (including phenoxy) is 1.